The lowest BCUT2D eigenvalue weighted by Crippen LogP contribution is -2.46. The lowest BCUT2D eigenvalue weighted by Gasteiger charge is -2.43. The minimum atomic E-state index is -0.715. The van der Waals surface area contributed by atoms with Gasteiger partial charge in [0, 0.05) is 35.9 Å². The summed E-state index contributed by atoms with van der Waals surface area (Å²) in [6.07, 6.45) is 0.457. The van der Waals surface area contributed by atoms with Crippen molar-refractivity contribution in [2.75, 3.05) is 5.75 Å². The smallest absolute Gasteiger partial charge is 0.315 e. The summed E-state index contributed by atoms with van der Waals surface area (Å²) in [7, 11) is 0. The molecule has 2 heterocycles. The molecule has 5 atom stereocenters. The van der Waals surface area contributed by atoms with Crippen LogP contribution >= 0.6 is 11.8 Å². The Labute approximate surface area is 302 Å². The van der Waals surface area contributed by atoms with Gasteiger partial charge in [0.05, 0.1) is 24.9 Å². The van der Waals surface area contributed by atoms with Crippen LogP contribution in [-0.4, -0.2) is 34.8 Å². The maximum Gasteiger partial charge on any atom is 0.315 e. The number of amides is 2. The third-order valence-electron chi connectivity index (χ3n) is 8.94. The van der Waals surface area contributed by atoms with Crippen molar-refractivity contribution in [2.24, 2.45) is 0 Å². The van der Waals surface area contributed by atoms with Crippen molar-refractivity contribution < 1.29 is 28.9 Å². The van der Waals surface area contributed by atoms with Crippen molar-refractivity contribution >= 4 is 23.6 Å². The van der Waals surface area contributed by atoms with Gasteiger partial charge in [-0.15, -0.1) is 0 Å². The molecular weight excluding hydrogens is 663 g/mol. The zero-order valence-corrected chi connectivity index (χ0v) is 29.1. The number of nitrogens with zero attached hydrogens (tertiary/aromatic N) is 1. The van der Waals surface area contributed by atoms with Gasteiger partial charge in [0.1, 0.15) is 0 Å². The Morgan fingerprint density at radius 3 is 2.10 bits per heavy atom. The molecule has 1 aliphatic rings. The summed E-state index contributed by atoms with van der Waals surface area (Å²) in [5.74, 6) is 0.191. The lowest BCUT2D eigenvalue weighted by molar-refractivity contribution is -0.645. The number of nitrogens with one attached hydrogen (secondary N) is 2. The van der Waals surface area contributed by atoms with Crippen LogP contribution in [0.15, 0.2) is 139 Å². The van der Waals surface area contributed by atoms with Gasteiger partial charge in [0.2, 0.25) is 0 Å². The molecule has 0 saturated carbocycles. The van der Waals surface area contributed by atoms with E-state index in [4.69, 9.17) is 9.47 Å². The average Bonchev–Trinajstić information content (AvgIpc) is 3.17. The number of hydrogen-bond acceptors (Lipinski definition) is 7. The van der Waals surface area contributed by atoms with E-state index in [9.17, 15) is 19.9 Å². The Kier molecular flexibility index (Phi) is 12.1. The zero-order valence-electron chi connectivity index (χ0n) is 28.3. The number of hydrogen-bond donors (Lipinski definition) is 3. The fourth-order valence-corrected chi connectivity index (χ4v) is 7.16. The van der Waals surface area contributed by atoms with E-state index in [0.29, 0.717) is 17.2 Å². The molecule has 1 unspecified atom stereocenters. The van der Waals surface area contributed by atoms with Crippen LogP contribution in [0.5, 0.6) is 0 Å². The number of ketones is 1. The van der Waals surface area contributed by atoms with Gasteiger partial charge in [-0.3, -0.25) is 4.79 Å². The first-order chi connectivity index (χ1) is 24.9. The molecule has 10 heteroatoms. The number of carbonyl (C=O) groups is 2. The standard InChI is InChI=1S/C41H41N3O6S/c1-28(46)35(24-29-10-4-2-5-11-29)43-41(47)42-25-30-15-21-34(22-16-30)40-49-36(27-51-37-14-8-9-23-44(37)48)38(32-12-6-3-7-13-32)39(50-40)33-19-17-31(26-45)18-20-33/h2-23,35-36,38-40,45H,24-27H2,1H3,(H2,42,43,47)/t35-,36-,38-,39+,40?/m1/s1. The van der Waals surface area contributed by atoms with E-state index in [-0.39, 0.29) is 31.0 Å². The van der Waals surface area contributed by atoms with E-state index in [0.717, 1.165) is 38.1 Å². The second-order valence-electron chi connectivity index (χ2n) is 12.5. The lowest BCUT2D eigenvalue weighted by atomic mass is 9.84. The van der Waals surface area contributed by atoms with E-state index >= 15 is 0 Å². The normalized spacial score (nSPS) is 19.2. The number of ether oxygens (including phenoxy) is 2. The fraction of sp³-hybridized carbons (Fsp3) is 0.244. The van der Waals surface area contributed by atoms with Gasteiger partial charge in [-0.05, 0) is 47.2 Å². The first-order valence-corrected chi connectivity index (χ1v) is 17.9. The van der Waals surface area contributed by atoms with Gasteiger partial charge in [-0.1, -0.05) is 121 Å². The van der Waals surface area contributed by atoms with Gasteiger partial charge in [0.25, 0.3) is 5.03 Å². The number of aromatic nitrogens is 1. The highest BCUT2D eigenvalue weighted by molar-refractivity contribution is 7.99. The topological polar surface area (TPSA) is 124 Å². The molecule has 1 fully saturated rings. The van der Waals surface area contributed by atoms with E-state index in [1.807, 2.05) is 103 Å². The van der Waals surface area contributed by atoms with E-state index < -0.39 is 24.5 Å². The summed E-state index contributed by atoms with van der Waals surface area (Å²) in [4.78, 5) is 25.0. The summed E-state index contributed by atoms with van der Waals surface area (Å²) >= 11 is 1.44. The quantitative estimate of drug-likeness (QED) is 0.0723. The van der Waals surface area contributed by atoms with E-state index in [1.54, 1.807) is 12.1 Å². The first kappa shape index (κ1) is 35.8. The Bertz CT molecular complexity index is 1880. The first-order valence-electron chi connectivity index (χ1n) is 16.9. The summed E-state index contributed by atoms with van der Waals surface area (Å²) in [5.41, 5.74) is 5.44. The molecule has 3 N–H and O–H groups in total. The van der Waals surface area contributed by atoms with Crippen LogP contribution in [0, 0.1) is 5.21 Å². The predicted molar refractivity (Wildman–Crippen MR) is 196 cm³/mol. The zero-order chi connectivity index (χ0) is 35.6. The number of benzene rings is 4. The van der Waals surface area contributed by atoms with Gasteiger partial charge in [-0.25, -0.2) is 4.79 Å². The Hall–Kier alpha value is -5.00. The second kappa shape index (κ2) is 17.3. The molecule has 1 aromatic heterocycles. The van der Waals surface area contributed by atoms with Crippen LogP contribution in [-0.2, 0) is 33.8 Å². The SMILES string of the molecule is CC(=O)[C@@H](Cc1ccccc1)NC(=O)NCc1ccc(C2O[C@H](CSc3cccc[n+]3[O-])[C@@H](c3ccccc3)[C@H](c3ccc(CO)cc3)O2)cc1. The molecule has 2 amide bonds. The fourth-order valence-electron chi connectivity index (χ4n) is 6.17. The van der Waals surface area contributed by atoms with Crippen molar-refractivity contribution in [3.8, 4) is 0 Å². The average molecular weight is 704 g/mol. The molecule has 262 valence electrons. The van der Waals surface area contributed by atoms with Gasteiger partial charge < -0.3 is 30.4 Å². The number of aliphatic hydroxyl groups is 1. The van der Waals surface area contributed by atoms with Crippen molar-refractivity contribution in [3.63, 3.8) is 0 Å². The number of urea groups is 1. The molecule has 4 aromatic carbocycles. The van der Waals surface area contributed by atoms with E-state index in [2.05, 4.69) is 22.8 Å². The summed E-state index contributed by atoms with van der Waals surface area (Å²) in [6.45, 7) is 1.68. The number of pyridine rings is 1. The predicted octanol–water partition coefficient (Wildman–Crippen LogP) is 6.54. The molecule has 0 aliphatic carbocycles. The van der Waals surface area contributed by atoms with Crippen molar-refractivity contribution in [1.29, 1.82) is 0 Å². The molecule has 0 radical (unpaired) electrons. The Balaban J connectivity index is 1.19. The Morgan fingerprint density at radius 2 is 1.43 bits per heavy atom. The maximum atomic E-state index is 12.8. The van der Waals surface area contributed by atoms with Crippen LogP contribution in [0.4, 0.5) is 4.79 Å². The molecule has 0 spiro atoms. The third-order valence-corrected chi connectivity index (χ3v) is 10.0. The number of thioether (sulfide) groups is 1. The summed E-state index contributed by atoms with van der Waals surface area (Å²) in [6, 6.07) is 39.4. The van der Waals surface area contributed by atoms with Crippen LogP contribution in [0.3, 0.4) is 0 Å². The molecular formula is C41H41N3O6S. The second-order valence-corrected chi connectivity index (χ2v) is 13.5. The number of aliphatic hydroxyl groups excluding tert-OH is 1. The molecule has 9 nitrogen and oxygen atoms in total. The molecule has 5 aromatic rings. The summed E-state index contributed by atoms with van der Waals surface area (Å²) in [5, 5.41) is 28.5. The molecule has 1 aliphatic heterocycles. The molecule has 1 saturated heterocycles. The number of rotatable bonds is 13. The minimum Gasteiger partial charge on any atom is -0.618 e. The monoisotopic (exact) mass is 703 g/mol. The van der Waals surface area contributed by atoms with Crippen LogP contribution in [0.25, 0.3) is 0 Å². The van der Waals surface area contributed by atoms with Crippen LogP contribution in [0.1, 0.15) is 58.6 Å². The minimum absolute atomic E-state index is 0.0565. The molecule has 0 bridgehead atoms. The molecule has 6 rings (SSSR count). The number of carbonyl (C=O) groups excluding carboxylic acids is 2. The van der Waals surface area contributed by atoms with Gasteiger partial charge >= 0.3 is 6.03 Å². The van der Waals surface area contributed by atoms with Gasteiger partial charge in [-0.2, -0.15) is 4.73 Å². The Morgan fingerprint density at radius 1 is 0.784 bits per heavy atom. The van der Waals surface area contributed by atoms with Crippen molar-refractivity contribution in [2.45, 2.75) is 62.0 Å². The van der Waals surface area contributed by atoms with Crippen molar-refractivity contribution in [3.05, 3.63) is 172 Å². The van der Waals surface area contributed by atoms with E-state index in [1.165, 1.54) is 24.9 Å². The van der Waals surface area contributed by atoms with Crippen LogP contribution < -0.4 is 15.4 Å². The third kappa shape index (κ3) is 9.42. The molecule has 51 heavy (non-hydrogen) atoms. The maximum absolute atomic E-state index is 12.8. The number of Topliss-reactive ketones (excluding diaryl/α,β-unsaturated/α-hetero) is 1. The van der Waals surface area contributed by atoms with Gasteiger partial charge in [0.15, 0.2) is 18.3 Å². The highest BCUT2D eigenvalue weighted by atomic mass is 32.2. The van der Waals surface area contributed by atoms with Crippen LogP contribution in [0.2, 0.25) is 0 Å². The highest BCUT2D eigenvalue weighted by Gasteiger charge is 2.42. The van der Waals surface area contributed by atoms with Crippen molar-refractivity contribution in [1.82, 2.24) is 10.6 Å². The summed E-state index contributed by atoms with van der Waals surface area (Å²) < 4.78 is 14.4. The highest BCUT2D eigenvalue weighted by Crippen LogP contribution is 2.47. The largest absolute Gasteiger partial charge is 0.618 e.